The summed E-state index contributed by atoms with van der Waals surface area (Å²) in [4.78, 5) is 10.4. The summed E-state index contributed by atoms with van der Waals surface area (Å²) in [6, 6.07) is 0. The zero-order valence-corrected chi connectivity index (χ0v) is 8.03. The lowest BCUT2D eigenvalue weighted by Gasteiger charge is -2.01. The third kappa shape index (κ3) is 6.27. The molecule has 0 aliphatic rings. The van der Waals surface area contributed by atoms with E-state index in [4.69, 9.17) is 0 Å². The number of Topliss-reactive ketones (excluding diaryl/α,β-unsaturated/α-hetero) is 1. The van der Waals surface area contributed by atoms with Crippen LogP contribution in [0.15, 0.2) is 0 Å². The maximum Gasteiger partial charge on any atom is 0.157 e. The van der Waals surface area contributed by atoms with E-state index in [2.05, 4.69) is 0 Å². The van der Waals surface area contributed by atoms with Crippen molar-refractivity contribution in [3.8, 4) is 0 Å². The first kappa shape index (κ1) is 11.6. The topological polar surface area (TPSA) is 51.2 Å². The Bertz CT molecular complexity index is 243. The molecule has 0 aromatic carbocycles. The highest BCUT2D eigenvalue weighted by atomic mass is 32.2. The predicted molar refractivity (Wildman–Crippen MR) is 44.5 cm³/mol. The van der Waals surface area contributed by atoms with Gasteiger partial charge in [-0.3, -0.25) is 4.79 Å². The Morgan fingerprint density at radius 3 is 2.33 bits per heavy atom. The van der Waals surface area contributed by atoms with Gasteiger partial charge in [-0.25, -0.2) is 12.8 Å². The molecule has 0 N–H and O–H groups in total. The highest BCUT2D eigenvalue weighted by Crippen LogP contribution is 2.01. The predicted octanol–water partition coefficient (Wildman–Crippen LogP) is 0.738. The second-order valence-corrected chi connectivity index (χ2v) is 5.05. The van der Waals surface area contributed by atoms with Crippen molar-refractivity contribution < 1.29 is 17.6 Å². The van der Waals surface area contributed by atoms with Crippen LogP contribution in [-0.4, -0.2) is 31.9 Å². The van der Waals surface area contributed by atoms with Gasteiger partial charge in [-0.05, 0) is 20.3 Å². The van der Waals surface area contributed by atoms with Crippen LogP contribution in [0.25, 0.3) is 0 Å². The summed E-state index contributed by atoms with van der Waals surface area (Å²) >= 11 is 0. The van der Waals surface area contributed by atoms with Crippen molar-refractivity contribution in [1.82, 2.24) is 0 Å². The fraction of sp³-hybridized carbons (Fsp3) is 0.857. The fourth-order valence-corrected chi connectivity index (χ4v) is 2.17. The van der Waals surface area contributed by atoms with Gasteiger partial charge in [0.25, 0.3) is 0 Å². The summed E-state index contributed by atoms with van der Waals surface area (Å²) in [6.45, 7) is 2.50. The normalized spacial score (nSPS) is 14.2. The zero-order chi connectivity index (χ0) is 9.78. The van der Waals surface area contributed by atoms with E-state index in [-0.39, 0.29) is 12.2 Å². The number of hydrogen-bond donors (Lipinski definition) is 0. The lowest BCUT2D eigenvalue weighted by atomic mass is 10.3. The smallest absolute Gasteiger partial charge is 0.157 e. The molecule has 1 atom stereocenters. The minimum atomic E-state index is -3.37. The summed E-state index contributed by atoms with van der Waals surface area (Å²) in [7, 11) is -3.37. The number of halogens is 1. The molecule has 0 aromatic heterocycles. The molecule has 0 saturated heterocycles. The van der Waals surface area contributed by atoms with Crippen molar-refractivity contribution >= 4 is 15.6 Å². The number of rotatable bonds is 5. The molecule has 0 fully saturated rings. The molecule has 0 aliphatic heterocycles. The van der Waals surface area contributed by atoms with Gasteiger partial charge in [-0.1, -0.05) is 0 Å². The number of ketones is 1. The van der Waals surface area contributed by atoms with Gasteiger partial charge in [-0.15, -0.1) is 0 Å². The minimum Gasteiger partial charge on any atom is -0.299 e. The van der Waals surface area contributed by atoms with Crippen molar-refractivity contribution in [1.29, 1.82) is 0 Å². The molecule has 12 heavy (non-hydrogen) atoms. The van der Waals surface area contributed by atoms with E-state index in [1.165, 1.54) is 13.8 Å². The first-order chi connectivity index (χ1) is 5.33. The van der Waals surface area contributed by atoms with Gasteiger partial charge < -0.3 is 0 Å². The standard InChI is InChI=1S/C7H13FO3S/c1-6(8)3-4-12(10,11)5-7(2)9/h6H,3-5H2,1-2H3. The highest BCUT2D eigenvalue weighted by Gasteiger charge is 2.14. The Hall–Kier alpha value is -0.450. The van der Waals surface area contributed by atoms with E-state index in [0.29, 0.717) is 0 Å². The van der Waals surface area contributed by atoms with Gasteiger partial charge in [0.05, 0.1) is 11.9 Å². The van der Waals surface area contributed by atoms with Gasteiger partial charge in [0.15, 0.2) is 9.84 Å². The first-order valence-corrected chi connectivity index (χ1v) is 5.49. The molecule has 0 radical (unpaired) electrons. The maximum absolute atomic E-state index is 12.2. The van der Waals surface area contributed by atoms with Crippen LogP contribution in [0.3, 0.4) is 0 Å². The van der Waals surface area contributed by atoms with Crippen LogP contribution in [0.5, 0.6) is 0 Å². The molecule has 0 heterocycles. The van der Waals surface area contributed by atoms with Crippen molar-refractivity contribution in [3.63, 3.8) is 0 Å². The Morgan fingerprint density at radius 2 is 2.00 bits per heavy atom. The van der Waals surface area contributed by atoms with Gasteiger partial charge in [0.2, 0.25) is 0 Å². The van der Waals surface area contributed by atoms with E-state index >= 15 is 0 Å². The van der Waals surface area contributed by atoms with Crippen molar-refractivity contribution in [2.45, 2.75) is 26.4 Å². The number of hydrogen-bond acceptors (Lipinski definition) is 3. The Labute approximate surface area is 71.9 Å². The number of carbonyl (C=O) groups excluding carboxylic acids is 1. The van der Waals surface area contributed by atoms with E-state index in [1.54, 1.807) is 0 Å². The third-order valence-electron chi connectivity index (χ3n) is 1.25. The molecule has 0 rings (SSSR count). The van der Waals surface area contributed by atoms with E-state index < -0.39 is 27.5 Å². The van der Waals surface area contributed by atoms with Crippen LogP contribution in [0.2, 0.25) is 0 Å². The SMILES string of the molecule is CC(=O)CS(=O)(=O)CCC(C)F. The van der Waals surface area contributed by atoms with E-state index in [1.807, 2.05) is 0 Å². The second kappa shape index (κ2) is 4.54. The molecule has 0 aromatic rings. The van der Waals surface area contributed by atoms with Crippen molar-refractivity contribution in [2.75, 3.05) is 11.5 Å². The molecule has 0 spiro atoms. The summed E-state index contributed by atoms with van der Waals surface area (Å²) in [5.74, 6) is -1.12. The average Bonchev–Trinajstić information content (AvgIpc) is 1.81. The number of alkyl halides is 1. The number of carbonyl (C=O) groups is 1. The number of sulfone groups is 1. The third-order valence-corrected chi connectivity index (χ3v) is 2.95. The lowest BCUT2D eigenvalue weighted by Crippen LogP contribution is -2.18. The molecule has 0 aliphatic carbocycles. The van der Waals surface area contributed by atoms with Crippen LogP contribution < -0.4 is 0 Å². The summed E-state index contributed by atoms with van der Waals surface area (Å²) in [5, 5.41) is 0. The summed E-state index contributed by atoms with van der Waals surface area (Å²) in [5.41, 5.74) is 0. The quantitative estimate of drug-likeness (QED) is 0.651. The summed E-state index contributed by atoms with van der Waals surface area (Å²) < 4.78 is 34.1. The fourth-order valence-electron chi connectivity index (χ4n) is 0.724. The van der Waals surface area contributed by atoms with Crippen LogP contribution >= 0.6 is 0 Å². The molecule has 5 heteroatoms. The van der Waals surface area contributed by atoms with Gasteiger partial charge in [-0.2, -0.15) is 0 Å². The van der Waals surface area contributed by atoms with Crippen LogP contribution in [-0.2, 0) is 14.6 Å². The average molecular weight is 196 g/mol. The molecule has 0 amide bonds. The molecule has 0 saturated carbocycles. The van der Waals surface area contributed by atoms with E-state index in [9.17, 15) is 17.6 Å². The molecular weight excluding hydrogens is 183 g/mol. The molecule has 0 bridgehead atoms. The van der Waals surface area contributed by atoms with Crippen LogP contribution in [0.1, 0.15) is 20.3 Å². The first-order valence-electron chi connectivity index (χ1n) is 3.67. The van der Waals surface area contributed by atoms with Gasteiger partial charge >= 0.3 is 0 Å². The highest BCUT2D eigenvalue weighted by molar-refractivity contribution is 7.92. The van der Waals surface area contributed by atoms with E-state index in [0.717, 1.165) is 0 Å². The molecular formula is C7H13FO3S. The van der Waals surface area contributed by atoms with Crippen LogP contribution in [0.4, 0.5) is 4.39 Å². The van der Waals surface area contributed by atoms with Crippen molar-refractivity contribution in [2.24, 2.45) is 0 Å². The Kier molecular flexibility index (Phi) is 4.37. The molecule has 72 valence electrons. The maximum atomic E-state index is 12.2. The van der Waals surface area contributed by atoms with Gasteiger partial charge in [0, 0.05) is 0 Å². The van der Waals surface area contributed by atoms with Crippen molar-refractivity contribution in [3.05, 3.63) is 0 Å². The monoisotopic (exact) mass is 196 g/mol. The molecule has 1 unspecified atom stereocenters. The Morgan fingerprint density at radius 1 is 1.50 bits per heavy atom. The molecule has 3 nitrogen and oxygen atoms in total. The Balaban J connectivity index is 3.98. The second-order valence-electron chi connectivity index (χ2n) is 2.86. The summed E-state index contributed by atoms with van der Waals surface area (Å²) in [6.07, 6.45) is -1.16. The zero-order valence-electron chi connectivity index (χ0n) is 7.21. The minimum absolute atomic E-state index is 0.0321. The van der Waals surface area contributed by atoms with Gasteiger partial charge in [0.1, 0.15) is 11.5 Å². The lowest BCUT2D eigenvalue weighted by molar-refractivity contribution is -0.114. The largest absolute Gasteiger partial charge is 0.299 e. The van der Waals surface area contributed by atoms with Crippen LogP contribution in [0, 0.1) is 0 Å².